The highest BCUT2D eigenvalue weighted by Gasteiger charge is 2.24. The van der Waals surface area contributed by atoms with Crippen molar-refractivity contribution < 1.29 is 9.53 Å². The predicted molar refractivity (Wildman–Crippen MR) is 83.1 cm³/mol. The van der Waals surface area contributed by atoms with Gasteiger partial charge in [0, 0.05) is 13.0 Å². The van der Waals surface area contributed by atoms with Crippen LogP contribution in [0.15, 0.2) is 30.3 Å². The number of nitrogens with one attached hydrogen (secondary N) is 2. The van der Waals surface area contributed by atoms with Gasteiger partial charge < -0.3 is 10.1 Å². The zero-order valence-corrected chi connectivity index (χ0v) is 12.8. The monoisotopic (exact) mass is 299 g/mol. The van der Waals surface area contributed by atoms with E-state index in [4.69, 9.17) is 4.74 Å². The van der Waals surface area contributed by atoms with E-state index in [1.54, 1.807) is 7.11 Å². The number of hydrogen-bond acceptors (Lipinski definition) is 3. The average Bonchev–Trinajstić information content (AvgIpc) is 3.00. The van der Waals surface area contributed by atoms with E-state index in [0.717, 1.165) is 30.7 Å². The van der Waals surface area contributed by atoms with E-state index < -0.39 is 0 Å². The van der Waals surface area contributed by atoms with Crippen LogP contribution in [0.1, 0.15) is 28.9 Å². The highest BCUT2D eigenvalue weighted by Crippen LogP contribution is 2.25. The summed E-state index contributed by atoms with van der Waals surface area (Å²) in [6.45, 7) is 0.956. The molecule has 1 aliphatic rings. The number of benzene rings is 1. The first-order chi connectivity index (χ1) is 10.8. The summed E-state index contributed by atoms with van der Waals surface area (Å²) in [5.41, 5.74) is 4.43. The molecule has 1 heterocycles. The maximum absolute atomic E-state index is 12.3. The number of carbonyl (C=O) groups is 1. The third-order valence-electron chi connectivity index (χ3n) is 4.15. The van der Waals surface area contributed by atoms with Gasteiger partial charge in [-0.25, -0.2) is 0 Å². The molecule has 5 nitrogen and oxygen atoms in total. The van der Waals surface area contributed by atoms with Crippen LogP contribution in [-0.4, -0.2) is 23.2 Å². The quantitative estimate of drug-likeness (QED) is 0.887. The lowest BCUT2D eigenvalue weighted by molar-refractivity contribution is -0.125. The molecule has 3 rings (SSSR count). The Bertz CT molecular complexity index is 651. The minimum absolute atomic E-state index is 0.0660. The van der Waals surface area contributed by atoms with E-state index in [2.05, 4.69) is 33.7 Å². The number of rotatable bonds is 5. The maximum atomic E-state index is 12.3. The first kappa shape index (κ1) is 14.8. The summed E-state index contributed by atoms with van der Waals surface area (Å²) >= 11 is 0. The summed E-state index contributed by atoms with van der Waals surface area (Å²) in [5, 5.41) is 10.0. The fourth-order valence-electron chi connectivity index (χ4n) is 2.97. The first-order valence-electron chi connectivity index (χ1n) is 7.63. The zero-order chi connectivity index (χ0) is 15.4. The molecule has 1 atom stereocenters. The van der Waals surface area contributed by atoms with Crippen molar-refractivity contribution in [1.29, 1.82) is 0 Å². The molecule has 2 aromatic rings. The molecule has 116 valence electrons. The molecule has 1 aliphatic carbocycles. The minimum atomic E-state index is 0.0660. The van der Waals surface area contributed by atoms with Crippen molar-refractivity contribution in [1.82, 2.24) is 15.5 Å². The van der Waals surface area contributed by atoms with E-state index in [1.165, 1.54) is 11.1 Å². The van der Waals surface area contributed by atoms with Gasteiger partial charge in [-0.05, 0) is 36.5 Å². The number of hydrogen-bond donors (Lipinski definition) is 2. The van der Waals surface area contributed by atoms with Gasteiger partial charge in [0.25, 0.3) is 0 Å². The fraction of sp³-hybridized carbons (Fsp3) is 0.412. The second-order valence-electron chi connectivity index (χ2n) is 5.74. The average molecular weight is 299 g/mol. The Labute approximate surface area is 130 Å². The molecule has 0 radical (unpaired) electrons. The minimum Gasteiger partial charge on any atom is -0.378 e. The highest BCUT2D eigenvalue weighted by atomic mass is 16.5. The van der Waals surface area contributed by atoms with E-state index in [0.29, 0.717) is 13.2 Å². The molecule has 1 amide bonds. The van der Waals surface area contributed by atoms with Crippen molar-refractivity contribution in [2.24, 2.45) is 5.92 Å². The summed E-state index contributed by atoms with van der Waals surface area (Å²) in [6, 6.07) is 10.3. The van der Waals surface area contributed by atoms with Gasteiger partial charge in [-0.2, -0.15) is 5.10 Å². The van der Waals surface area contributed by atoms with Crippen molar-refractivity contribution in [2.75, 3.05) is 7.11 Å². The number of methoxy groups -OCH3 is 1. The van der Waals surface area contributed by atoms with Crippen LogP contribution in [0.25, 0.3) is 0 Å². The lowest BCUT2D eigenvalue weighted by atomic mass is 9.83. The number of aryl methyl sites for hydroxylation is 1. The Morgan fingerprint density at radius 2 is 2.23 bits per heavy atom. The van der Waals surface area contributed by atoms with Gasteiger partial charge in [-0.3, -0.25) is 9.89 Å². The number of aromatic amines is 1. The number of H-pyrrole nitrogens is 1. The van der Waals surface area contributed by atoms with Crippen LogP contribution in [0, 0.1) is 5.92 Å². The van der Waals surface area contributed by atoms with Crippen molar-refractivity contribution >= 4 is 5.91 Å². The molecule has 1 aromatic heterocycles. The molecule has 22 heavy (non-hydrogen) atoms. The molecular weight excluding hydrogens is 278 g/mol. The molecule has 0 fully saturated rings. The molecule has 0 saturated carbocycles. The normalized spacial score (nSPS) is 17.0. The summed E-state index contributed by atoms with van der Waals surface area (Å²) in [5.74, 6) is 0.189. The molecule has 2 N–H and O–H groups in total. The lowest BCUT2D eigenvalue weighted by Gasteiger charge is -2.23. The summed E-state index contributed by atoms with van der Waals surface area (Å²) in [4.78, 5) is 12.3. The summed E-state index contributed by atoms with van der Waals surface area (Å²) < 4.78 is 5.03. The smallest absolute Gasteiger partial charge is 0.223 e. The maximum Gasteiger partial charge on any atom is 0.223 e. The van der Waals surface area contributed by atoms with Crippen molar-refractivity contribution in [2.45, 2.75) is 32.4 Å². The van der Waals surface area contributed by atoms with Gasteiger partial charge >= 0.3 is 0 Å². The SMILES string of the molecule is COCc1cc(CNC(=O)C2CCc3ccccc3C2)[nH]n1. The van der Waals surface area contributed by atoms with Crippen molar-refractivity contribution in [3.63, 3.8) is 0 Å². The van der Waals surface area contributed by atoms with Crippen LogP contribution in [-0.2, 0) is 35.5 Å². The van der Waals surface area contributed by atoms with Gasteiger partial charge in [-0.15, -0.1) is 0 Å². The Hall–Kier alpha value is -2.14. The van der Waals surface area contributed by atoms with E-state index in [1.807, 2.05) is 12.1 Å². The topological polar surface area (TPSA) is 67.0 Å². The second kappa shape index (κ2) is 6.75. The van der Waals surface area contributed by atoms with Crippen molar-refractivity contribution in [3.8, 4) is 0 Å². The van der Waals surface area contributed by atoms with Crippen LogP contribution in [0.3, 0.4) is 0 Å². The fourth-order valence-corrected chi connectivity index (χ4v) is 2.97. The van der Waals surface area contributed by atoms with Crippen LogP contribution in [0.2, 0.25) is 0 Å². The van der Waals surface area contributed by atoms with E-state index >= 15 is 0 Å². The molecule has 5 heteroatoms. The number of fused-ring (bicyclic) bond motifs is 1. The van der Waals surface area contributed by atoms with E-state index in [9.17, 15) is 4.79 Å². The van der Waals surface area contributed by atoms with Crippen LogP contribution >= 0.6 is 0 Å². The third-order valence-corrected chi connectivity index (χ3v) is 4.15. The Kier molecular flexibility index (Phi) is 4.53. The number of carbonyl (C=O) groups excluding carboxylic acids is 1. The number of nitrogens with zero attached hydrogens (tertiary/aromatic N) is 1. The third kappa shape index (κ3) is 3.36. The molecule has 0 saturated heterocycles. The zero-order valence-electron chi connectivity index (χ0n) is 12.8. The van der Waals surface area contributed by atoms with Gasteiger partial charge in [-0.1, -0.05) is 24.3 Å². The largest absolute Gasteiger partial charge is 0.378 e. The molecule has 0 aliphatic heterocycles. The number of aromatic nitrogens is 2. The van der Waals surface area contributed by atoms with Crippen LogP contribution in [0.4, 0.5) is 0 Å². The highest BCUT2D eigenvalue weighted by molar-refractivity contribution is 5.79. The molecule has 0 spiro atoms. The summed E-state index contributed by atoms with van der Waals surface area (Å²) in [7, 11) is 1.64. The van der Waals surface area contributed by atoms with Gasteiger partial charge in [0.15, 0.2) is 0 Å². The van der Waals surface area contributed by atoms with Crippen LogP contribution in [0.5, 0.6) is 0 Å². The molecule has 0 bridgehead atoms. The lowest BCUT2D eigenvalue weighted by Crippen LogP contribution is -2.33. The summed E-state index contributed by atoms with van der Waals surface area (Å²) in [6.07, 6.45) is 2.73. The Morgan fingerprint density at radius 1 is 1.41 bits per heavy atom. The number of ether oxygens (including phenoxy) is 1. The predicted octanol–water partition coefficient (Wildman–Crippen LogP) is 1.98. The second-order valence-corrected chi connectivity index (χ2v) is 5.74. The van der Waals surface area contributed by atoms with E-state index in [-0.39, 0.29) is 11.8 Å². The van der Waals surface area contributed by atoms with Gasteiger partial charge in [0.2, 0.25) is 5.91 Å². The standard InChI is InChI=1S/C17H21N3O2/c1-22-11-16-9-15(19-20-16)10-18-17(21)14-7-6-12-4-2-3-5-13(12)8-14/h2-5,9,14H,6-8,10-11H2,1H3,(H,18,21)(H,19,20). The Balaban J connectivity index is 1.54. The van der Waals surface area contributed by atoms with Gasteiger partial charge in [0.05, 0.1) is 24.5 Å². The Morgan fingerprint density at radius 3 is 3.05 bits per heavy atom. The molecular formula is C17H21N3O2. The van der Waals surface area contributed by atoms with Crippen LogP contribution < -0.4 is 5.32 Å². The number of amides is 1. The first-order valence-corrected chi connectivity index (χ1v) is 7.63. The van der Waals surface area contributed by atoms with Crippen molar-refractivity contribution in [3.05, 3.63) is 52.8 Å². The van der Waals surface area contributed by atoms with Gasteiger partial charge in [0.1, 0.15) is 0 Å². The molecule has 1 aromatic carbocycles. The molecule has 1 unspecified atom stereocenters.